The Morgan fingerprint density at radius 1 is 0.981 bits per heavy atom. The van der Waals surface area contributed by atoms with Crippen LogP contribution in [0.2, 0.25) is 0 Å². The first-order valence-electron chi connectivity index (χ1n) is 19.6. The maximum atomic E-state index is 14.2. The Morgan fingerprint density at radius 2 is 1.67 bits per heavy atom. The molecule has 0 unspecified atom stereocenters. The molecule has 2 aromatic rings. The number of hydrogen-bond donors (Lipinski definition) is 1. The van der Waals surface area contributed by atoms with E-state index < -0.39 is 36.7 Å². The van der Waals surface area contributed by atoms with Crippen molar-refractivity contribution >= 4 is 34.7 Å². The summed E-state index contributed by atoms with van der Waals surface area (Å²) in [4.78, 5) is 65.3. The predicted octanol–water partition coefficient (Wildman–Crippen LogP) is 5.50. The predicted molar refractivity (Wildman–Crippen MR) is 213 cm³/mol. The molecule has 54 heavy (non-hydrogen) atoms. The lowest BCUT2D eigenvalue weighted by Crippen LogP contribution is -2.54. The molecule has 1 saturated heterocycles. The molecular formula is C42H66N4O7S. The zero-order chi connectivity index (χ0) is 40.1. The first kappa shape index (κ1) is 45.4. The van der Waals surface area contributed by atoms with Crippen molar-refractivity contribution in [3.05, 3.63) is 52.5 Å². The third-order valence-corrected chi connectivity index (χ3v) is 12.4. The highest BCUT2D eigenvalue weighted by Gasteiger charge is 2.43. The fraction of sp³-hybridized carbons (Fsp3) is 0.690. The van der Waals surface area contributed by atoms with Crippen molar-refractivity contribution in [2.24, 2.45) is 23.7 Å². The van der Waals surface area contributed by atoms with E-state index in [9.17, 15) is 24.3 Å². The molecule has 2 heterocycles. The lowest BCUT2D eigenvalue weighted by atomic mass is 9.85. The number of nitrogens with zero attached hydrogens (tertiary/aromatic N) is 4. The number of likely N-dealkylation sites (tertiary alicyclic amines) is 1. The Kier molecular flexibility index (Phi) is 18.4. The third-order valence-electron chi connectivity index (χ3n) is 11.5. The van der Waals surface area contributed by atoms with Crippen molar-refractivity contribution in [1.82, 2.24) is 19.7 Å². The molecule has 1 aromatic heterocycles. The summed E-state index contributed by atoms with van der Waals surface area (Å²) in [5.74, 6) is -1.91. The molecule has 1 aromatic carbocycles. The van der Waals surface area contributed by atoms with Crippen LogP contribution in [0, 0.1) is 23.7 Å². The first-order chi connectivity index (χ1) is 25.7. The SMILES string of the molecule is CC[C@H](C)[C@@H]([C@@H](CC(=O)N1CCC[C@H]1[C@H](OC)[C@@H](C)C(=O)C[C@@H](Cc1ccccc1)c1nccs1)OC)N(C)C(=O)[C@H](CO)CC(=O)[C@H](C(C)C)N(C)C. The molecule has 302 valence electrons. The lowest BCUT2D eigenvalue weighted by molar-refractivity contribution is -0.149. The summed E-state index contributed by atoms with van der Waals surface area (Å²) in [6.45, 7) is 9.96. The number of ketones is 2. The van der Waals surface area contributed by atoms with Crippen LogP contribution in [0.25, 0.3) is 0 Å². The van der Waals surface area contributed by atoms with Crippen LogP contribution < -0.4 is 0 Å². The summed E-state index contributed by atoms with van der Waals surface area (Å²) < 4.78 is 12.0. The van der Waals surface area contributed by atoms with Gasteiger partial charge in [0.25, 0.3) is 0 Å². The number of likely N-dealkylation sites (N-methyl/N-ethyl adjacent to an activating group) is 2. The summed E-state index contributed by atoms with van der Waals surface area (Å²) >= 11 is 1.56. The van der Waals surface area contributed by atoms with E-state index in [-0.39, 0.29) is 66.1 Å². The topological polar surface area (TPSA) is 130 Å². The summed E-state index contributed by atoms with van der Waals surface area (Å²) in [6, 6.07) is 8.99. The second kappa shape index (κ2) is 21.9. The molecule has 0 spiro atoms. The minimum atomic E-state index is -0.907. The monoisotopic (exact) mass is 770 g/mol. The number of amides is 2. The fourth-order valence-electron chi connectivity index (χ4n) is 8.49. The molecule has 1 aliphatic heterocycles. The van der Waals surface area contributed by atoms with Gasteiger partial charge in [0.1, 0.15) is 5.78 Å². The minimum absolute atomic E-state index is 0.0281. The third kappa shape index (κ3) is 11.7. The highest BCUT2D eigenvalue weighted by Crippen LogP contribution is 2.33. The quantitative estimate of drug-likeness (QED) is 0.156. The number of carbonyl (C=O) groups excluding carboxylic acids is 4. The van der Waals surface area contributed by atoms with Gasteiger partial charge in [-0.1, -0.05) is 71.4 Å². The van der Waals surface area contributed by atoms with Gasteiger partial charge in [0.15, 0.2) is 5.78 Å². The van der Waals surface area contributed by atoms with Crippen molar-refractivity contribution in [3.63, 3.8) is 0 Å². The zero-order valence-electron chi connectivity index (χ0n) is 34.3. The molecular weight excluding hydrogens is 705 g/mol. The molecule has 3 rings (SSSR count). The van der Waals surface area contributed by atoms with E-state index in [0.29, 0.717) is 25.8 Å². The van der Waals surface area contributed by atoms with Crippen LogP contribution in [-0.2, 0) is 35.1 Å². The van der Waals surface area contributed by atoms with Crippen LogP contribution in [0.1, 0.15) is 89.6 Å². The van der Waals surface area contributed by atoms with Crippen LogP contribution in [0.15, 0.2) is 41.9 Å². The van der Waals surface area contributed by atoms with Crippen molar-refractivity contribution in [2.45, 2.75) is 116 Å². The molecule has 0 bridgehead atoms. The Bertz CT molecular complexity index is 1450. The Labute approximate surface area is 327 Å². The van der Waals surface area contributed by atoms with Crippen molar-refractivity contribution in [3.8, 4) is 0 Å². The number of hydrogen-bond acceptors (Lipinski definition) is 10. The molecule has 1 fully saturated rings. The maximum Gasteiger partial charge on any atom is 0.228 e. The molecule has 9 atom stereocenters. The van der Waals surface area contributed by atoms with E-state index in [1.54, 1.807) is 43.7 Å². The van der Waals surface area contributed by atoms with Crippen molar-refractivity contribution in [1.29, 1.82) is 0 Å². The number of Topliss-reactive ketones (excluding diaryl/α,β-unsaturated/α-hetero) is 2. The fourth-order valence-corrected chi connectivity index (χ4v) is 9.23. The van der Waals surface area contributed by atoms with E-state index >= 15 is 0 Å². The highest BCUT2D eigenvalue weighted by atomic mass is 32.1. The number of methoxy groups -OCH3 is 2. The second-order valence-electron chi connectivity index (χ2n) is 15.7. The Morgan fingerprint density at radius 3 is 2.20 bits per heavy atom. The average Bonchev–Trinajstić information content (AvgIpc) is 3.87. The number of aromatic nitrogens is 1. The van der Waals surface area contributed by atoms with Gasteiger partial charge in [-0.15, -0.1) is 11.3 Å². The van der Waals surface area contributed by atoms with Gasteiger partial charge in [-0.25, -0.2) is 4.98 Å². The van der Waals surface area contributed by atoms with Crippen LogP contribution in [0.4, 0.5) is 0 Å². The maximum absolute atomic E-state index is 14.2. The average molecular weight is 771 g/mol. The summed E-state index contributed by atoms with van der Waals surface area (Å²) in [5.41, 5.74) is 1.15. The van der Waals surface area contributed by atoms with Crippen LogP contribution >= 0.6 is 11.3 Å². The number of aliphatic hydroxyl groups is 1. The van der Waals surface area contributed by atoms with Gasteiger partial charge in [0.05, 0.1) is 54.3 Å². The van der Waals surface area contributed by atoms with Gasteiger partial charge in [-0.05, 0) is 50.8 Å². The number of thiazole rings is 1. The second-order valence-corrected chi connectivity index (χ2v) is 16.6. The molecule has 11 nitrogen and oxygen atoms in total. The van der Waals surface area contributed by atoms with E-state index in [2.05, 4.69) is 17.1 Å². The molecule has 1 N–H and O–H groups in total. The van der Waals surface area contributed by atoms with Gasteiger partial charge in [0, 0.05) is 64.1 Å². The summed E-state index contributed by atoms with van der Waals surface area (Å²) in [5, 5.41) is 13.2. The zero-order valence-corrected chi connectivity index (χ0v) is 35.1. The Balaban J connectivity index is 1.77. The van der Waals surface area contributed by atoms with Crippen LogP contribution in [-0.4, -0.2) is 127 Å². The standard InChI is InChI=1S/C42H66N4O7S/c1-11-28(4)39(45(8)42(51)32(26-47)24-35(49)38(27(2)3)44(6)7)36(52-9)25-37(50)46-20-15-18-33(46)40(53-10)29(5)34(48)23-31(41-43-19-21-54-41)22-30-16-13-12-14-17-30/h12-14,16-17,19,21,27-29,31-33,36,38-40,47H,11,15,18,20,22-26H2,1-10H3/t28-,29-,31+,32-,33-,36+,38-,39-,40+/m0/s1. The molecule has 0 saturated carbocycles. The van der Waals surface area contributed by atoms with Crippen LogP contribution in [0.5, 0.6) is 0 Å². The van der Waals surface area contributed by atoms with Crippen molar-refractivity contribution < 1.29 is 33.8 Å². The smallest absolute Gasteiger partial charge is 0.228 e. The first-order valence-corrected chi connectivity index (χ1v) is 20.5. The van der Waals surface area contributed by atoms with Crippen LogP contribution in [0.3, 0.4) is 0 Å². The molecule has 1 aliphatic rings. The largest absolute Gasteiger partial charge is 0.396 e. The molecule has 12 heteroatoms. The number of rotatable bonds is 23. The summed E-state index contributed by atoms with van der Waals surface area (Å²) in [7, 11) is 8.53. The van der Waals surface area contributed by atoms with Gasteiger partial charge in [0.2, 0.25) is 11.8 Å². The van der Waals surface area contributed by atoms with E-state index in [4.69, 9.17) is 9.47 Å². The number of carbonyl (C=O) groups is 4. The van der Waals surface area contributed by atoms with Gasteiger partial charge >= 0.3 is 0 Å². The Hall–Kier alpha value is -3.03. The summed E-state index contributed by atoms with van der Waals surface area (Å²) in [6.07, 6.45) is 3.84. The van der Waals surface area contributed by atoms with E-state index in [1.807, 2.05) is 82.1 Å². The van der Waals surface area contributed by atoms with E-state index in [0.717, 1.165) is 23.4 Å². The number of ether oxygens (including phenoxy) is 2. The van der Waals surface area contributed by atoms with Gasteiger partial charge < -0.3 is 24.4 Å². The van der Waals surface area contributed by atoms with Gasteiger partial charge in [-0.2, -0.15) is 0 Å². The lowest BCUT2D eigenvalue weighted by Gasteiger charge is -2.40. The van der Waals surface area contributed by atoms with Crippen molar-refractivity contribution in [2.75, 3.05) is 48.5 Å². The molecule has 2 amide bonds. The van der Waals surface area contributed by atoms with E-state index in [1.165, 1.54) is 0 Å². The highest BCUT2D eigenvalue weighted by molar-refractivity contribution is 7.09. The normalized spacial score (nSPS) is 19.2. The number of aliphatic hydroxyl groups excluding tert-OH is 1. The van der Waals surface area contributed by atoms with Gasteiger partial charge in [-0.3, -0.25) is 24.1 Å². The molecule has 0 radical (unpaired) electrons. The molecule has 0 aliphatic carbocycles. The number of benzene rings is 1. The minimum Gasteiger partial charge on any atom is -0.396 e.